The van der Waals surface area contributed by atoms with E-state index >= 15 is 0 Å². The van der Waals surface area contributed by atoms with Crippen molar-refractivity contribution in [3.05, 3.63) is 75.0 Å². The zero-order valence-corrected chi connectivity index (χ0v) is 17.5. The largest absolute Gasteiger partial charge is 0.298 e. The third-order valence-corrected chi connectivity index (χ3v) is 6.10. The summed E-state index contributed by atoms with van der Waals surface area (Å²) in [6.45, 7) is 4.13. The van der Waals surface area contributed by atoms with E-state index in [4.69, 9.17) is 23.2 Å². The topological polar surface area (TPSA) is 59.8 Å². The molecule has 4 aromatic rings. The van der Waals surface area contributed by atoms with Gasteiger partial charge in [0.25, 0.3) is 5.91 Å². The number of halogens is 2. The number of anilines is 1. The van der Waals surface area contributed by atoms with Crippen LogP contribution in [0.2, 0.25) is 10.2 Å². The van der Waals surface area contributed by atoms with E-state index in [9.17, 15) is 4.79 Å². The number of aromatic nitrogens is 3. The second-order valence-electron chi connectivity index (χ2n) is 6.40. The SMILES string of the molecule is Cc1nn(Cc2ccccc2Cl)c(Cl)c1C(=O)Nc1nc2c(C)cccc2s1. The Balaban J connectivity index is 1.61. The maximum absolute atomic E-state index is 12.8. The minimum atomic E-state index is -0.329. The van der Waals surface area contributed by atoms with Crippen molar-refractivity contribution in [3.63, 3.8) is 0 Å². The van der Waals surface area contributed by atoms with E-state index in [1.807, 2.05) is 49.4 Å². The lowest BCUT2D eigenvalue weighted by Crippen LogP contribution is -2.13. The molecule has 0 spiro atoms. The Kier molecular flexibility index (Phi) is 5.10. The van der Waals surface area contributed by atoms with Crippen LogP contribution in [0.25, 0.3) is 10.2 Å². The molecule has 0 saturated heterocycles. The minimum Gasteiger partial charge on any atom is -0.298 e. The lowest BCUT2D eigenvalue weighted by Gasteiger charge is -2.06. The molecule has 1 amide bonds. The lowest BCUT2D eigenvalue weighted by atomic mass is 10.2. The summed E-state index contributed by atoms with van der Waals surface area (Å²) in [5.41, 5.74) is 3.72. The first kappa shape index (κ1) is 18.9. The fourth-order valence-corrected chi connectivity index (χ4v) is 4.46. The zero-order valence-electron chi connectivity index (χ0n) is 15.2. The molecule has 0 atom stereocenters. The number of nitrogens with one attached hydrogen (secondary N) is 1. The van der Waals surface area contributed by atoms with Crippen LogP contribution in [0.3, 0.4) is 0 Å². The zero-order chi connectivity index (χ0) is 19.8. The van der Waals surface area contributed by atoms with E-state index in [0.29, 0.717) is 28.0 Å². The predicted octanol–water partition coefficient (Wildman–Crippen LogP) is 5.72. The van der Waals surface area contributed by atoms with Gasteiger partial charge in [-0.3, -0.25) is 10.1 Å². The second kappa shape index (κ2) is 7.54. The number of carbonyl (C=O) groups is 1. The molecule has 2 aromatic carbocycles. The van der Waals surface area contributed by atoms with E-state index in [1.54, 1.807) is 11.6 Å². The van der Waals surface area contributed by atoms with Crippen molar-refractivity contribution < 1.29 is 4.79 Å². The molecule has 0 unspecified atom stereocenters. The highest BCUT2D eigenvalue weighted by molar-refractivity contribution is 7.22. The van der Waals surface area contributed by atoms with Crippen LogP contribution in [0, 0.1) is 13.8 Å². The molecule has 4 rings (SSSR count). The quantitative estimate of drug-likeness (QED) is 0.450. The summed E-state index contributed by atoms with van der Waals surface area (Å²) in [6.07, 6.45) is 0. The van der Waals surface area contributed by atoms with E-state index in [0.717, 1.165) is 21.3 Å². The number of hydrogen-bond donors (Lipinski definition) is 1. The molecule has 8 heteroatoms. The van der Waals surface area contributed by atoms with Gasteiger partial charge in [0.15, 0.2) is 5.13 Å². The van der Waals surface area contributed by atoms with Gasteiger partial charge in [0.05, 0.1) is 28.0 Å². The lowest BCUT2D eigenvalue weighted by molar-refractivity contribution is 0.102. The average Bonchev–Trinajstić information content (AvgIpc) is 3.18. The first-order chi connectivity index (χ1) is 13.4. The molecule has 5 nitrogen and oxygen atoms in total. The van der Waals surface area contributed by atoms with Crippen molar-refractivity contribution in [1.29, 1.82) is 0 Å². The number of hydrogen-bond acceptors (Lipinski definition) is 4. The summed E-state index contributed by atoms with van der Waals surface area (Å²) in [7, 11) is 0. The number of nitrogens with zero attached hydrogens (tertiary/aromatic N) is 3. The van der Waals surface area contributed by atoms with Crippen molar-refractivity contribution in [2.45, 2.75) is 20.4 Å². The Morgan fingerprint density at radius 2 is 1.93 bits per heavy atom. The van der Waals surface area contributed by atoms with Gasteiger partial charge in [-0.2, -0.15) is 5.10 Å². The summed E-state index contributed by atoms with van der Waals surface area (Å²) in [5.74, 6) is -0.329. The average molecular weight is 431 g/mol. The van der Waals surface area contributed by atoms with E-state index in [1.165, 1.54) is 11.3 Å². The van der Waals surface area contributed by atoms with Crippen LogP contribution in [-0.2, 0) is 6.54 Å². The molecule has 0 fully saturated rings. The Morgan fingerprint density at radius 1 is 1.14 bits per heavy atom. The Labute approximate surface area is 175 Å². The summed E-state index contributed by atoms with van der Waals surface area (Å²) < 4.78 is 2.60. The monoisotopic (exact) mass is 430 g/mol. The molecule has 0 bridgehead atoms. The van der Waals surface area contributed by atoms with Crippen LogP contribution in [0.1, 0.15) is 27.2 Å². The van der Waals surface area contributed by atoms with Gasteiger partial charge in [-0.25, -0.2) is 9.67 Å². The van der Waals surface area contributed by atoms with Crippen molar-refractivity contribution >= 4 is 55.8 Å². The highest BCUT2D eigenvalue weighted by atomic mass is 35.5. The van der Waals surface area contributed by atoms with Crippen LogP contribution in [0.5, 0.6) is 0 Å². The molecular weight excluding hydrogens is 415 g/mol. The van der Waals surface area contributed by atoms with Gasteiger partial charge >= 0.3 is 0 Å². The van der Waals surface area contributed by atoms with E-state index in [2.05, 4.69) is 15.4 Å². The van der Waals surface area contributed by atoms with Crippen molar-refractivity contribution in [1.82, 2.24) is 14.8 Å². The van der Waals surface area contributed by atoms with Crippen molar-refractivity contribution in [2.75, 3.05) is 5.32 Å². The van der Waals surface area contributed by atoms with Crippen LogP contribution < -0.4 is 5.32 Å². The molecule has 2 aromatic heterocycles. The predicted molar refractivity (Wildman–Crippen MR) is 115 cm³/mol. The number of fused-ring (bicyclic) bond motifs is 1. The van der Waals surface area contributed by atoms with Gasteiger partial charge < -0.3 is 0 Å². The number of carbonyl (C=O) groups excluding carboxylic acids is 1. The van der Waals surface area contributed by atoms with Gasteiger partial charge in [-0.1, -0.05) is 64.9 Å². The van der Waals surface area contributed by atoms with Gasteiger partial charge in [-0.05, 0) is 37.1 Å². The molecule has 142 valence electrons. The highest BCUT2D eigenvalue weighted by Crippen LogP contribution is 2.29. The fourth-order valence-electron chi connectivity index (χ4n) is 3.00. The van der Waals surface area contributed by atoms with Crippen molar-refractivity contribution in [3.8, 4) is 0 Å². The standard InChI is InChI=1S/C20H16Cl2N4OS/c1-11-6-5-9-15-17(11)23-20(28-15)24-19(27)16-12(2)25-26(18(16)22)10-13-7-3-4-8-14(13)21/h3-9H,10H2,1-2H3,(H,23,24,27). The number of amides is 1. The van der Waals surface area contributed by atoms with E-state index in [-0.39, 0.29) is 11.1 Å². The summed E-state index contributed by atoms with van der Waals surface area (Å²) in [6, 6.07) is 13.4. The second-order valence-corrected chi connectivity index (χ2v) is 8.19. The maximum atomic E-state index is 12.8. The Hall–Kier alpha value is -2.41. The third kappa shape index (κ3) is 3.51. The normalized spacial score (nSPS) is 11.1. The number of thiazole rings is 1. The molecule has 0 aliphatic carbocycles. The molecule has 2 heterocycles. The fraction of sp³-hybridized carbons (Fsp3) is 0.150. The molecule has 0 saturated carbocycles. The highest BCUT2D eigenvalue weighted by Gasteiger charge is 2.22. The van der Waals surface area contributed by atoms with E-state index < -0.39 is 0 Å². The van der Waals surface area contributed by atoms with Crippen LogP contribution in [0.4, 0.5) is 5.13 Å². The minimum absolute atomic E-state index is 0.271. The van der Waals surface area contributed by atoms with Crippen LogP contribution in [-0.4, -0.2) is 20.7 Å². The molecular formula is C20H16Cl2N4OS. The van der Waals surface area contributed by atoms with Crippen molar-refractivity contribution in [2.24, 2.45) is 0 Å². The molecule has 1 N–H and O–H groups in total. The smallest absolute Gasteiger partial charge is 0.262 e. The Bertz CT molecular complexity index is 1200. The first-order valence-electron chi connectivity index (χ1n) is 8.58. The van der Waals surface area contributed by atoms with Crippen LogP contribution >= 0.6 is 34.5 Å². The number of rotatable bonds is 4. The summed E-state index contributed by atoms with van der Waals surface area (Å²) in [4.78, 5) is 17.4. The molecule has 0 aliphatic rings. The number of aryl methyl sites for hydroxylation is 2. The molecule has 0 aliphatic heterocycles. The summed E-state index contributed by atoms with van der Waals surface area (Å²) in [5, 5.41) is 8.69. The summed E-state index contributed by atoms with van der Waals surface area (Å²) >= 11 is 14.1. The number of benzene rings is 2. The van der Waals surface area contributed by atoms with Crippen LogP contribution in [0.15, 0.2) is 42.5 Å². The first-order valence-corrected chi connectivity index (χ1v) is 10.1. The van der Waals surface area contributed by atoms with Gasteiger partial charge in [-0.15, -0.1) is 0 Å². The van der Waals surface area contributed by atoms with Gasteiger partial charge in [0.2, 0.25) is 0 Å². The van der Waals surface area contributed by atoms with Gasteiger partial charge in [0, 0.05) is 5.02 Å². The molecule has 28 heavy (non-hydrogen) atoms. The molecule has 0 radical (unpaired) electrons. The third-order valence-electron chi connectivity index (χ3n) is 4.41. The van der Waals surface area contributed by atoms with Gasteiger partial charge in [0.1, 0.15) is 5.15 Å². The Morgan fingerprint density at radius 3 is 2.68 bits per heavy atom. The maximum Gasteiger partial charge on any atom is 0.262 e. The number of para-hydroxylation sites is 1.